The Kier molecular flexibility index (Phi) is 9.69. The molecule has 0 saturated carbocycles. The lowest BCUT2D eigenvalue weighted by atomic mass is 10.2. The lowest BCUT2D eigenvalue weighted by molar-refractivity contribution is 0.0527. The molecule has 1 rings (SSSR count). The Hall–Kier alpha value is -0.700. The number of carbonyl (C=O) groups excluding carboxylic acids is 1. The molecular formula is C13H19O7PS2. The average Bonchev–Trinajstić information content (AvgIpc) is 2.57. The number of phenolic OH excluding ortho intramolecular Hbond substituents is 1. The maximum Gasteiger partial charge on any atom is 0.474 e. The molecule has 0 radical (unpaired) electrons. The predicted octanol–water partition coefficient (Wildman–Crippen LogP) is 3.35. The van der Waals surface area contributed by atoms with Gasteiger partial charge in [-0.15, -0.1) is 0 Å². The number of phosphoric acid groups is 1. The van der Waals surface area contributed by atoms with Crippen LogP contribution in [0.1, 0.15) is 10.4 Å². The summed E-state index contributed by atoms with van der Waals surface area (Å²) in [4.78, 5) is 11.7. The molecule has 0 aliphatic carbocycles. The van der Waals surface area contributed by atoms with Gasteiger partial charge in [-0.1, -0.05) is 33.7 Å². The van der Waals surface area contributed by atoms with Crippen molar-refractivity contribution in [1.29, 1.82) is 0 Å². The lowest BCUT2D eigenvalue weighted by Crippen LogP contribution is -2.07. The van der Waals surface area contributed by atoms with Gasteiger partial charge in [0.05, 0.1) is 6.61 Å². The number of para-hydroxylation sites is 1. The van der Waals surface area contributed by atoms with Gasteiger partial charge >= 0.3 is 13.8 Å². The zero-order valence-electron chi connectivity index (χ0n) is 12.8. The number of rotatable bonds is 11. The van der Waals surface area contributed by atoms with Crippen molar-refractivity contribution in [3.63, 3.8) is 0 Å². The molecule has 10 heteroatoms. The van der Waals surface area contributed by atoms with E-state index < -0.39 is 13.8 Å². The van der Waals surface area contributed by atoms with Gasteiger partial charge in [0.2, 0.25) is 0 Å². The average molecular weight is 382 g/mol. The van der Waals surface area contributed by atoms with Crippen LogP contribution in [0.25, 0.3) is 0 Å². The quantitative estimate of drug-likeness (QED) is 0.268. The highest BCUT2D eigenvalue weighted by molar-refractivity contribution is 8.76. The van der Waals surface area contributed by atoms with Crippen molar-refractivity contribution in [1.82, 2.24) is 0 Å². The predicted molar refractivity (Wildman–Crippen MR) is 90.9 cm³/mol. The summed E-state index contributed by atoms with van der Waals surface area (Å²) in [5.74, 6) is 0.501. The maximum atomic E-state index is 11.7. The molecule has 0 spiro atoms. The third-order valence-electron chi connectivity index (χ3n) is 2.47. The first-order valence-corrected chi connectivity index (χ1v) is 10.5. The molecule has 23 heavy (non-hydrogen) atoms. The van der Waals surface area contributed by atoms with Crippen LogP contribution in [-0.2, 0) is 22.9 Å². The summed E-state index contributed by atoms with van der Waals surface area (Å²) in [7, 11) is 2.07. The summed E-state index contributed by atoms with van der Waals surface area (Å²) < 4.78 is 30.9. The van der Waals surface area contributed by atoms with E-state index in [2.05, 4.69) is 9.05 Å². The van der Waals surface area contributed by atoms with Crippen LogP contribution in [0.4, 0.5) is 0 Å². The molecule has 0 bridgehead atoms. The summed E-state index contributed by atoms with van der Waals surface area (Å²) in [6, 6.07) is 6.22. The van der Waals surface area contributed by atoms with Crippen LogP contribution < -0.4 is 0 Å². The molecule has 0 saturated heterocycles. The van der Waals surface area contributed by atoms with E-state index in [9.17, 15) is 14.5 Å². The fourth-order valence-corrected chi connectivity index (χ4v) is 3.83. The number of esters is 1. The SMILES string of the molecule is COP(=O)(OC)OCCSSCCOC(=O)c1ccccc1O. The summed E-state index contributed by atoms with van der Waals surface area (Å²) >= 11 is 0. The molecule has 130 valence electrons. The number of benzene rings is 1. The normalized spacial score (nSPS) is 11.4. The van der Waals surface area contributed by atoms with Gasteiger partial charge in [-0.25, -0.2) is 9.36 Å². The molecule has 0 amide bonds. The van der Waals surface area contributed by atoms with Gasteiger partial charge in [-0.2, -0.15) is 0 Å². The molecular weight excluding hydrogens is 363 g/mol. The molecule has 0 aliphatic heterocycles. The molecule has 0 aromatic heterocycles. The molecule has 0 aliphatic rings. The van der Waals surface area contributed by atoms with E-state index >= 15 is 0 Å². The zero-order valence-corrected chi connectivity index (χ0v) is 15.3. The first kappa shape index (κ1) is 20.3. The number of hydrogen-bond acceptors (Lipinski definition) is 9. The van der Waals surface area contributed by atoms with Crippen LogP contribution >= 0.6 is 29.4 Å². The van der Waals surface area contributed by atoms with Crippen LogP contribution in [0.2, 0.25) is 0 Å². The van der Waals surface area contributed by atoms with Crippen molar-refractivity contribution >= 4 is 35.4 Å². The Morgan fingerprint density at radius 2 is 1.74 bits per heavy atom. The van der Waals surface area contributed by atoms with E-state index in [1.165, 1.54) is 47.9 Å². The molecule has 0 unspecified atom stereocenters. The number of ether oxygens (including phenoxy) is 1. The number of phenols is 1. The van der Waals surface area contributed by atoms with Crippen LogP contribution in [0.15, 0.2) is 24.3 Å². The second kappa shape index (κ2) is 11.0. The number of aromatic hydroxyl groups is 1. The van der Waals surface area contributed by atoms with E-state index in [0.29, 0.717) is 11.5 Å². The topological polar surface area (TPSA) is 91.3 Å². The second-order valence-corrected chi connectivity index (χ2v) is 8.53. The minimum absolute atomic E-state index is 0.0996. The third kappa shape index (κ3) is 7.60. The van der Waals surface area contributed by atoms with E-state index in [1.54, 1.807) is 12.1 Å². The Balaban J connectivity index is 2.09. The highest BCUT2D eigenvalue weighted by Gasteiger charge is 2.21. The molecule has 7 nitrogen and oxygen atoms in total. The lowest BCUT2D eigenvalue weighted by Gasteiger charge is -2.12. The van der Waals surface area contributed by atoms with E-state index in [1.807, 2.05) is 0 Å². The first-order valence-electron chi connectivity index (χ1n) is 6.58. The fourth-order valence-electron chi connectivity index (χ4n) is 1.37. The second-order valence-electron chi connectivity index (χ2n) is 3.94. The Bertz CT molecular complexity index is 533. The van der Waals surface area contributed by atoms with Gasteiger partial charge in [0.1, 0.15) is 17.9 Å². The zero-order chi connectivity index (χ0) is 17.1. The van der Waals surface area contributed by atoms with Crippen molar-refractivity contribution in [2.24, 2.45) is 0 Å². The molecule has 1 aromatic carbocycles. The highest BCUT2D eigenvalue weighted by Crippen LogP contribution is 2.47. The van der Waals surface area contributed by atoms with Crippen molar-refractivity contribution in [3.8, 4) is 5.75 Å². The van der Waals surface area contributed by atoms with Crippen LogP contribution in [-0.4, -0.2) is 50.0 Å². The molecule has 0 heterocycles. The first-order chi connectivity index (χ1) is 11.0. The smallest absolute Gasteiger partial charge is 0.474 e. The van der Waals surface area contributed by atoms with E-state index in [4.69, 9.17) is 9.26 Å². The Morgan fingerprint density at radius 3 is 2.35 bits per heavy atom. The van der Waals surface area contributed by atoms with Crippen LogP contribution in [0, 0.1) is 0 Å². The van der Waals surface area contributed by atoms with Gasteiger partial charge in [-0.3, -0.25) is 13.6 Å². The highest BCUT2D eigenvalue weighted by atomic mass is 33.1. The molecule has 0 atom stereocenters. The number of hydrogen-bond donors (Lipinski definition) is 1. The number of carbonyl (C=O) groups is 1. The van der Waals surface area contributed by atoms with Crippen molar-refractivity contribution in [2.45, 2.75) is 0 Å². The fraction of sp³-hybridized carbons (Fsp3) is 0.462. The summed E-state index contributed by atoms with van der Waals surface area (Å²) in [5, 5.41) is 9.52. The van der Waals surface area contributed by atoms with Gasteiger partial charge in [-0.05, 0) is 12.1 Å². The maximum absolute atomic E-state index is 11.7. The van der Waals surface area contributed by atoms with Crippen molar-refractivity contribution in [2.75, 3.05) is 38.9 Å². The molecule has 1 N–H and O–H groups in total. The minimum Gasteiger partial charge on any atom is -0.507 e. The largest absolute Gasteiger partial charge is 0.507 e. The van der Waals surface area contributed by atoms with Crippen LogP contribution in [0.3, 0.4) is 0 Å². The Morgan fingerprint density at radius 1 is 1.13 bits per heavy atom. The summed E-state index contributed by atoms with van der Waals surface area (Å²) in [6.07, 6.45) is 0. The van der Waals surface area contributed by atoms with E-state index in [-0.39, 0.29) is 24.5 Å². The van der Waals surface area contributed by atoms with Gasteiger partial charge in [0, 0.05) is 25.7 Å². The van der Waals surface area contributed by atoms with Gasteiger partial charge in [0.15, 0.2) is 0 Å². The van der Waals surface area contributed by atoms with Crippen molar-refractivity contribution < 1.29 is 32.8 Å². The summed E-state index contributed by atoms with van der Waals surface area (Å²) in [5.41, 5.74) is 0.147. The minimum atomic E-state index is -3.41. The molecule has 0 fully saturated rings. The van der Waals surface area contributed by atoms with Crippen molar-refractivity contribution in [3.05, 3.63) is 29.8 Å². The standard InChI is InChI=1S/C13H19O7PS2/c1-17-21(16,18-2)20-8-10-23-22-9-7-19-13(15)11-5-3-4-6-12(11)14/h3-6,14H,7-10H2,1-2H3. The van der Waals surface area contributed by atoms with Gasteiger partial charge < -0.3 is 9.84 Å². The monoisotopic (exact) mass is 382 g/mol. The van der Waals surface area contributed by atoms with E-state index in [0.717, 1.165) is 0 Å². The molecule has 1 aromatic rings. The number of phosphoric ester groups is 1. The van der Waals surface area contributed by atoms with Crippen LogP contribution in [0.5, 0.6) is 5.75 Å². The third-order valence-corrected chi connectivity index (χ3v) is 6.20. The summed E-state index contributed by atoms with van der Waals surface area (Å²) in [6.45, 7) is 0.439. The Labute approximate surface area is 143 Å². The van der Waals surface area contributed by atoms with Gasteiger partial charge in [0.25, 0.3) is 0 Å².